The molecule has 1 unspecified atom stereocenters. The van der Waals surface area contributed by atoms with E-state index in [1.807, 2.05) is 6.07 Å². The SMILES string of the molecule is CCN(CCNC(C)Cc1cccc(F)c1)C1CC1. The van der Waals surface area contributed by atoms with E-state index < -0.39 is 0 Å². The molecule has 106 valence electrons. The molecule has 2 rings (SSSR count). The van der Waals surface area contributed by atoms with Crippen LogP contribution in [0.3, 0.4) is 0 Å². The maximum Gasteiger partial charge on any atom is 0.123 e. The average molecular weight is 264 g/mol. The number of likely N-dealkylation sites (N-methyl/N-ethyl adjacent to an activating group) is 1. The van der Waals surface area contributed by atoms with Crippen LogP contribution in [-0.2, 0) is 6.42 Å². The number of hydrogen-bond acceptors (Lipinski definition) is 2. The van der Waals surface area contributed by atoms with Crippen molar-refractivity contribution in [1.29, 1.82) is 0 Å². The lowest BCUT2D eigenvalue weighted by atomic mass is 10.1. The molecule has 0 aromatic heterocycles. The number of benzene rings is 1. The van der Waals surface area contributed by atoms with Crippen molar-refractivity contribution >= 4 is 0 Å². The van der Waals surface area contributed by atoms with Crippen LogP contribution in [0, 0.1) is 5.82 Å². The van der Waals surface area contributed by atoms with Gasteiger partial charge in [0.05, 0.1) is 0 Å². The molecule has 0 bridgehead atoms. The van der Waals surface area contributed by atoms with Gasteiger partial charge < -0.3 is 5.32 Å². The lowest BCUT2D eigenvalue weighted by Crippen LogP contribution is -2.37. The van der Waals surface area contributed by atoms with Crippen LogP contribution in [0.1, 0.15) is 32.3 Å². The highest BCUT2D eigenvalue weighted by Gasteiger charge is 2.27. The van der Waals surface area contributed by atoms with Crippen molar-refractivity contribution in [3.8, 4) is 0 Å². The van der Waals surface area contributed by atoms with E-state index in [-0.39, 0.29) is 5.82 Å². The fourth-order valence-electron chi connectivity index (χ4n) is 2.58. The van der Waals surface area contributed by atoms with Gasteiger partial charge >= 0.3 is 0 Å². The number of nitrogens with zero attached hydrogens (tertiary/aromatic N) is 1. The van der Waals surface area contributed by atoms with Crippen LogP contribution in [0.2, 0.25) is 0 Å². The first-order valence-electron chi connectivity index (χ1n) is 7.41. The zero-order valence-electron chi connectivity index (χ0n) is 12.0. The van der Waals surface area contributed by atoms with Crippen molar-refractivity contribution in [2.75, 3.05) is 19.6 Å². The van der Waals surface area contributed by atoms with E-state index in [1.165, 1.54) is 18.9 Å². The van der Waals surface area contributed by atoms with Crippen molar-refractivity contribution in [3.63, 3.8) is 0 Å². The largest absolute Gasteiger partial charge is 0.313 e. The molecule has 0 radical (unpaired) electrons. The molecule has 1 aromatic carbocycles. The van der Waals surface area contributed by atoms with Gasteiger partial charge in [0.2, 0.25) is 0 Å². The van der Waals surface area contributed by atoms with Gasteiger partial charge in [-0.05, 0) is 50.4 Å². The number of halogens is 1. The Bertz CT molecular complexity index is 390. The highest BCUT2D eigenvalue weighted by Crippen LogP contribution is 2.25. The molecule has 0 amide bonds. The second-order valence-corrected chi connectivity index (χ2v) is 5.55. The van der Waals surface area contributed by atoms with Crippen molar-refractivity contribution in [2.45, 2.75) is 45.2 Å². The predicted octanol–water partition coefficient (Wildman–Crippen LogP) is 2.83. The van der Waals surface area contributed by atoms with E-state index >= 15 is 0 Å². The van der Waals surface area contributed by atoms with Crippen LogP contribution in [0.5, 0.6) is 0 Å². The zero-order chi connectivity index (χ0) is 13.7. The van der Waals surface area contributed by atoms with Crippen molar-refractivity contribution in [1.82, 2.24) is 10.2 Å². The summed E-state index contributed by atoms with van der Waals surface area (Å²) in [4.78, 5) is 2.54. The van der Waals surface area contributed by atoms with E-state index in [4.69, 9.17) is 0 Å². The summed E-state index contributed by atoms with van der Waals surface area (Å²) in [5, 5.41) is 3.53. The molecular formula is C16H25FN2. The molecule has 3 heteroatoms. The summed E-state index contributed by atoms with van der Waals surface area (Å²) in [7, 11) is 0. The average Bonchev–Trinajstić information content (AvgIpc) is 3.19. The monoisotopic (exact) mass is 264 g/mol. The fraction of sp³-hybridized carbons (Fsp3) is 0.625. The van der Waals surface area contributed by atoms with E-state index in [9.17, 15) is 4.39 Å². The predicted molar refractivity (Wildman–Crippen MR) is 77.8 cm³/mol. The summed E-state index contributed by atoms with van der Waals surface area (Å²) in [5.41, 5.74) is 1.06. The Labute approximate surface area is 116 Å². The summed E-state index contributed by atoms with van der Waals surface area (Å²) < 4.78 is 13.1. The molecule has 0 aliphatic heterocycles. The fourth-order valence-corrected chi connectivity index (χ4v) is 2.58. The van der Waals surface area contributed by atoms with Gasteiger partial charge in [0.1, 0.15) is 5.82 Å². The van der Waals surface area contributed by atoms with Crippen LogP contribution in [0.25, 0.3) is 0 Å². The number of rotatable bonds is 8. The molecule has 1 saturated carbocycles. The number of nitrogens with one attached hydrogen (secondary N) is 1. The second kappa shape index (κ2) is 7.01. The first-order valence-corrected chi connectivity index (χ1v) is 7.41. The molecule has 0 heterocycles. The first-order chi connectivity index (χ1) is 9.19. The summed E-state index contributed by atoms with van der Waals surface area (Å²) >= 11 is 0. The highest BCUT2D eigenvalue weighted by molar-refractivity contribution is 5.17. The lowest BCUT2D eigenvalue weighted by molar-refractivity contribution is 0.273. The molecule has 1 N–H and O–H groups in total. The van der Waals surface area contributed by atoms with Gasteiger partial charge in [-0.25, -0.2) is 4.39 Å². The third-order valence-corrected chi connectivity index (χ3v) is 3.79. The molecule has 1 atom stereocenters. The minimum absolute atomic E-state index is 0.143. The molecule has 0 saturated heterocycles. The third kappa shape index (κ3) is 4.92. The third-order valence-electron chi connectivity index (χ3n) is 3.79. The molecule has 19 heavy (non-hydrogen) atoms. The van der Waals surface area contributed by atoms with Gasteiger partial charge in [0, 0.05) is 25.2 Å². The molecular weight excluding hydrogens is 239 g/mol. The quantitative estimate of drug-likeness (QED) is 0.776. The smallest absolute Gasteiger partial charge is 0.123 e. The minimum Gasteiger partial charge on any atom is -0.313 e. The topological polar surface area (TPSA) is 15.3 Å². The Morgan fingerprint density at radius 2 is 2.21 bits per heavy atom. The summed E-state index contributed by atoms with van der Waals surface area (Å²) in [6.07, 6.45) is 3.62. The zero-order valence-corrected chi connectivity index (χ0v) is 12.0. The van der Waals surface area contributed by atoms with Gasteiger partial charge in [-0.2, -0.15) is 0 Å². The number of hydrogen-bond donors (Lipinski definition) is 1. The molecule has 1 aliphatic carbocycles. The van der Waals surface area contributed by atoms with Gasteiger partial charge in [-0.1, -0.05) is 19.1 Å². The Morgan fingerprint density at radius 3 is 2.84 bits per heavy atom. The maximum atomic E-state index is 13.1. The van der Waals surface area contributed by atoms with Crippen LogP contribution < -0.4 is 5.32 Å². The standard InChI is InChI=1S/C16H25FN2/c1-3-19(16-7-8-16)10-9-18-13(2)11-14-5-4-6-15(17)12-14/h4-6,12-13,16,18H,3,7-11H2,1-2H3. The molecule has 2 nitrogen and oxygen atoms in total. The van der Waals surface area contributed by atoms with Crippen LogP contribution in [0.4, 0.5) is 4.39 Å². The molecule has 1 aliphatic rings. The Kier molecular flexibility index (Phi) is 5.34. The minimum atomic E-state index is -0.143. The van der Waals surface area contributed by atoms with Gasteiger partial charge in [0.15, 0.2) is 0 Å². The summed E-state index contributed by atoms with van der Waals surface area (Å²) in [6, 6.07) is 8.12. The normalized spacial score (nSPS) is 16.8. The molecule has 0 spiro atoms. The van der Waals surface area contributed by atoms with E-state index in [0.717, 1.165) is 37.7 Å². The summed E-state index contributed by atoms with van der Waals surface area (Å²) in [5.74, 6) is -0.143. The second-order valence-electron chi connectivity index (χ2n) is 5.55. The van der Waals surface area contributed by atoms with Gasteiger partial charge in [0.25, 0.3) is 0 Å². The van der Waals surface area contributed by atoms with Crippen LogP contribution in [0.15, 0.2) is 24.3 Å². The van der Waals surface area contributed by atoms with E-state index in [2.05, 4.69) is 24.1 Å². The Hall–Kier alpha value is -0.930. The lowest BCUT2D eigenvalue weighted by Gasteiger charge is -2.21. The van der Waals surface area contributed by atoms with E-state index in [1.54, 1.807) is 12.1 Å². The van der Waals surface area contributed by atoms with Gasteiger partial charge in [-0.3, -0.25) is 4.90 Å². The van der Waals surface area contributed by atoms with Crippen molar-refractivity contribution < 1.29 is 4.39 Å². The highest BCUT2D eigenvalue weighted by atomic mass is 19.1. The Morgan fingerprint density at radius 1 is 1.42 bits per heavy atom. The van der Waals surface area contributed by atoms with Gasteiger partial charge in [-0.15, -0.1) is 0 Å². The van der Waals surface area contributed by atoms with Crippen molar-refractivity contribution in [3.05, 3.63) is 35.6 Å². The van der Waals surface area contributed by atoms with Crippen molar-refractivity contribution in [2.24, 2.45) is 0 Å². The Balaban J connectivity index is 1.67. The van der Waals surface area contributed by atoms with E-state index in [0.29, 0.717) is 6.04 Å². The summed E-state index contributed by atoms with van der Waals surface area (Å²) in [6.45, 7) is 7.67. The maximum absolute atomic E-state index is 13.1. The van der Waals surface area contributed by atoms with Crippen LogP contribution in [-0.4, -0.2) is 36.6 Å². The molecule has 1 fully saturated rings. The first kappa shape index (κ1) is 14.5. The van der Waals surface area contributed by atoms with Crippen LogP contribution >= 0.6 is 0 Å². The molecule has 1 aromatic rings.